The number of hydrogen-bond donors (Lipinski definition) is 0. The summed E-state index contributed by atoms with van der Waals surface area (Å²) in [6.07, 6.45) is 6.75. The van der Waals surface area contributed by atoms with Crippen LogP contribution >= 0.6 is 0 Å². The number of para-hydroxylation sites is 2. The first-order valence-electron chi connectivity index (χ1n) is 19.5. The van der Waals surface area contributed by atoms with E-state index >= 15 is 0 Å². The molecular formula is C49H39N7O2. The Bertz CT molecular complexity index is 2960. The third-order valence-corrected chi connectivity index (χ3v) is 10.7. The van der Waals surface area contributed by atoms with Gasteiger partial charge in [0.1, 0.15) is 47.3 Å². The molecule has 58 heavy (non-hydrogen) atoms. The summed E-state index contributed by atoms with van der Waals surface area (Å²) >= 11 is 0. The maximum absolute atomic E-state index is 6.70. The van der Waals surface area contributed by atoms with Crippen LogP contribution < -0.4 is 9.47 Å². The minimum absolute atomic E-state index is 0.368. The summed E-state index contributed by atoms with van der Waals surface area (Å²) in [7, 11) is 0. The second-order valence-electron chi connectivity index (χ2n) is 15.1. The van der Waals surface area contributed by atoms with Crippen LogP contribution in [0.4, 0.5) is 0 Å². The van der Waals surface area contributed by atoms with Gasteiger partial charge in [0.2, 0.25) is 0 Å². The number of ether oxygens (including phenoxy) is 2. The predicted octanol–water partition coefficient (Wildman–Crippen LogP) is 12.4. The second-order valence-corrected chi connectivity index (χ2v) is 15.1. The molecule has 0 saturated heterocycles. The van der Waals surface area contributed by atoms with Crippen LogP contribution in [0.25, 0.3) is 66.6 Å². The van der Waals surface area contributed by atoms with Gasteiger partial charge in [-0.1, -0.05) is 64.1 Å². The van der Waals surface area contributed by atoms with Crippen molar-refractivity contribution in [1.29, 1.82) is 0 Å². The molecule has 0 aliphatic heterocycles. The van der Waals surface area contributed by atoms with Gasteiger partial charge in [0.25, 0.3) is 0 Å². The molecule has 0 atom stereocenters. The van der Waals surface area contributed by atoms with E-state index in [0.717, 1.165) is 60.8 Å². The number of hydrogen-bond acceptors (Lipinski definition) is 7. The Balaban J connectivity index is 1.07. The highest BCUT2D eigenvalue weighted by molar-refractivity contribution is 6.10. The first kappa shape index (κ1) is 35.1. The van der Waals surface area contributed by atoms with Gasteiger partial charge in [0.05, 0.1) is 22.1 Å². The molecule has 0 aliphatic carbocycles. The molecule has 0 saturated carbocycles. The first-order chi connectivity index (χ1) is 28.4. The van der Waals surface area contributed by atoms with E-state index in [1.807, 2.05) is 42.7 Å². The zero-order chi connectivity index (χ0) is 39.3. The summed E-state index contributed by atoms with van der Waals surface area (Å²) < 4.78 is 17.8. The summed E-state index contributed by atoms with van der Waals surface area (Å²) in [5.41, 5.74) is 7.32. The van der Waals surface area contributed by atoms with E-state index in [2.05, 4.69) is 149 Å². The Kier molecular flexibility index (Phi) is 8.63. The highest BCUT2D eigenvalue weighted by Crippen LogP contribution is 2.39. The van der Waals surface area contributed by atoms with Crippen molar-refractivity contribution in [3.8, 4) is 46.0 Å². The summed E-state index contributed by atoms with van der Waals surface area (Å²) in [6, 6.07) is 43.5. The van der Waals surface area contributed by atoms with Crippen molar-refractivity contribution in [3.63, 3.8) is 0 Å². The van der Waals surface area contributed by atoms with Crippen LogP contribution in [0.5, 0.6) is 23.0 Å². The Hall–Kier alpha value is -7.39. The quantitative estimate of drug-likeness (QED) is 0.145. The lowest BCUT2D eigenvalue weighted by Crippen LogP contribution is -1.99. The zero-order valence-electron chi connectivity index (χ0n) is 32.5. The molecule has 10 rings (SSSR count). The normalized spacial score (nSPS) is 11.8. The van der Waals surface area contributed by atoms with E-state index in [-0.39, 0.29) is 0 Å². The Labute approximate surface area is 335 Å². The maximum Gasteiger partial charge on any atom is 0.162 e. The molecule has 0 amide bonds. The maximum atomic E-state index is 6.70. The average Bonchev–Trinajstić information content (AvgIpc) is 3.76. The van der Waals surface area contributed by atoms with Crippen molar-refractivity contribution >= 4 is 43.6 Å². The summed E-state index contributed by atoms with van der Waals surface area (Å²) in [5.74, 6) is 5.43. The van der Waals surface area contributed by atoms with Crippen LogP contribution in [0, 0.1) is 0 Å². The molecule has 0 radical (unpaired) electrons. The Morgan fingerprint density at radius 3 is 1.38 bits per heavy atom. The van der Waals surface area contributed by atoms with E-state index in [0.29, 0.717) is 40.7 Å². The van der Waals surface area contributed by atoms with Crippen LogP contribution in [0.2, 0.25) is 0 Å². The molecule has 5 aromatic heterocycles. The van der Waals surface area contributed by atoms with E-state index in [4.69, 9.17) is 19.4 Å². The molecule has 0 spiro atoms. The van der Waals surface area contributed by atoms with Gasteiger partial charge >= 0.3 is 0 Å². The number of rotatable bonds is 9. The Morgan fingerprint density at radius 1 is 0.431 bits per heavy atom. The van der Waals surface area contributed by atoms with Gasteiger partial charge in [0.15, 0.2) is 5.82 Å². The topological polar surface area (TPSA) is 92.8 Å². The molecule has 9 heteroatoms. The third kappa shape index (κ3) is 6.27. The molecule has 5 heterocycles. The van der Waals surface area contributed by atoms with Gasteiger partial charge in [0, 0.05) is 57.7 Å². The van der Waals surface area contributed by atoms with Gasteiger partial charge in [-0.3, -0.25) is 9.13 Å². The van der Waals surface area contributed by atoms with Crippen molar-refractivity contribution in [1.82, 2.24) is 34.1 Å². The van der Waals surface area contributed by atoms with E-state index in [9.17, 15) is 0 Å². The summed E-state index contributed by atoms with van der Waals surface area (Å²) in [6.45, 7) is 8.79. The lowest BCUT2D eigenvalue weighted by atomic mass is 10.1. The van der Waals surface area contributed by atoms with Gasteiger partial charge in [-0.2, -0.15) is 0 Å². The van der Waals surface area contributed by atoms with E-state index in [1.165, 1.54) is 23.8 Å². The lowest BCUT2D eigenvalue weighted by Gasteiger charge is -2.14. The molecule has 10 aromatic rings. The molecular weight excluding hydrogens is 719 g/mol. The fraction of sp³-hybridized carbons (Fsp3) is 0.122. The SMILES string of the molecule is CC(C)c1ccnc(-n2c3ccccc3c3ccc(Oc4cc(Oc5ccc6c7ccccc7n(-c7cc(C(C)C)ccn7)c6c5)cc(-c5ncncn5)c4)cc32)c1. The minimum Gasteiger partial charge on any atom is -0.457 e. The van der Waals surface area contributed by atoms with Gasteiger partial charge < -0.3 is 9.47 Å². The molecule has 0 aliphatic rings. The van der Waals surface area contributed by atoms with Crippen molar-refractivity contribution in [3.05, 3.63) is 164 Å². The number of fused-ring (bicyclic) bond motifs is 6. The first-order valence-corrected chi connectivity index (χ1v) is 19.5. The van der Waals surface area contributed by atoms with Crippen LogP contribution in [0.1, 0.15) is 50.7 Å². The molecule has 9 nitrogen and oxygen atoms in total. The van der Waals surface area contributed by atoms with Crippen molar-refractivity contribution in [2.24, 2.45) is 0 Å². The minimum atomic E-state index is 0.368. The number of pyridine rings is 2. The smallest absolute Gasteiger partial charge is 0.162 e. The van der Waals surface area contributed by atoms with Crippen molar-refractivity contribution in [2.75, 3.05) is 0 Å². The largest absolute Gasteiger partial charge is 0.457 e. The molecule has 0 bridgehead atoms. The highest BCUT2D eigenvalue weighted by Gasteiger charge is 2.18. The van der Waals surface area contributed by atoms with E-state index < -0.39 is 0 Å². The fourth-order valence-corrected chi connectivity index (χ4v) is 7.83. The number of benzene rings is 5. The monoisotopic (exact) mass is 757 g/mol. The second kappa shape index (κ2) is 14.3. The molecule has 0 fully saturated rings. The van der Waals surface area contributed by atoms with Gasteiger partial charge in [-0.25, -0.2) is 24.9 Å². The van der Waals surface area contributed by atoms with Crippen LogP contribution in [0.15, 0.2) is 152 Å². The number of nitrogens with zero attached hydrogens (tertiary/aromatic N) is 7. The molecule has 0 N–H and O–H groups in total. The number of aromatic nitrogens is 7. The van der Waals surface area contributed by atoms with Crippen molar-refractivity contribution in [2.45, 2.75) is 39.5 Å². The fourth-order valence-electron chi connectivity index (χ4n) is 7.83. The average molecular weight is 758 g/mol. The third-order valence-electron chi connectivity index (χ3n) is 10.7. The standard InChI is InChI=1S/C49H39N7O2/c1-30(2)32-17-19-51-47(23-32)55-43-11-7-5-9-39(43)41-15-13-35(26-45(41)55)57-37-21-34(49-53-28-50-29-54-49)22-38(25-37)58-36-14-16-42-40-10-6-8-12-44(40)56(46(42)27-36)48-24-33(31(3)4)18-20-52-48/h5-31H,1-4H3. The zero-order valence-corrected chi connectivity index (χ0v) is 32.5. The predicted molar refractivity (Wildman–Crippen MR) is 231 cm³/mol. The Morgan fingerprint density at radius 2 is 0.897 bits per heavy atom. The summed E-state index contributed by atoms with van der Waals surface area (Å²) in [5, 5.41) is 4.52. The van der Waals surface area contributed by atoms with Gasteiger partial charge in [-0.05, 0) is 95.8 Å². The van der Waals surface area contributed by atoms with Crippen LogP contribution in [0.3, 0.4) is 0 Å². The van der Waals surface area contributed by atoms with E-state index in [1.54, 1.807) is 0 Å². The van der Waals surface area contributed by atoms with Gasteiger partial charge in [-0.15, -0.1) is 0 Å². The van der Waals surface area contributed by atoms with Crippen LogP contribution in [-0.4, -0.2) is 34.1 Å². The van der Waals surface area contributed by atoms with Crippen LogP contribution in [-0.2, 0) is 0 Å². The molecule has 0 unspecified atom stereocenters. The summed E-state index contributed by atoms with van der Waals surface area (Å²) in [4.78, 5) is 22.6. The molecule has 282 valence electrons. The highest BCUT2D eigenvalue weighted by atomic mass is 16.5. The lowest BCUT2D eigenvalue weighted by molar-refractivity contribution is 0.461. The molecule has 5 aromatic carbocycles. The van der Waals surface area contributed by atoms with Crippen molar-refractivity contribution < 1.29 is 9.47 Å².